The van der Waals surface area contributed by atoms with E-state index in [2.05, 4.69) is 10.2 Å². The van der Waals surface area contributed by atoms with Crippen LogP contribution in [0.3, 0.4) is 0 Å². The molecule has 0 saturated carbocycles. The van der Waals surface area contributed by atoms with Crippen molar-refractivity contribution in [2.45, 2.75) is 37.5 Å². The van der Waals surface area contributed by atoms with Crippen LogP contribution in [0, 0.1) is 0 Å². The zero-order valence-electron chi connectivity index (χ0n) is 17.9. The summed E-state index contributed by atoms with van der Waals surface area (Å²) >= 11 is 6.06. The van der Waals surface area contributed by atoms with Gasteiger partial charge in [-0.2, -0.15) is 0 Å². The third-order valence-corrected chi connectivity index (χ3v) is 6.63. The van der Waals surface area contributed by atoms with Gasteiger partial charge in [-0.25, -0.2) is 0 Å². The summed E-state index contributed by atoms with van der Waals surface area (Å²) in [6.45, 7) is 5.39. The summed E-state index contributed by atoms with van der Waals surface area (Å²) in [4.78, 5) is 15.9. The zero-order chi connectivity index (χ0) is 21.5. The number of anilines is 1. The minimum absolute atomic E-state index is 0.00240. The summed E-state index contributed by atoms with van der Waals surface area (Å²) in [5.74, 6) is 0.829. The standard InChI is InChI=1S/C25H31ClN2O3/c26-21-6-4-20(5-7-21)25(12-18-30-19-13-25)24(29)27-22-8-10-23(11-9-22)31-17-3-16-28-14-1-2-15-28/h4-11H,1-3,12-19H2,(H,27,29). The molecule has 2 fully saturated rings. The van der Waals surface area contributed by atoms with Crippen LogP contribution < -0.4 is 10.1 Å². The normalized spacial score (nSPS) is 18.6. The first-order valence-electron chi connectivity index (χ1n) is 11.3. The van der Waals surface area contributed by atoms with Crippen molar-refractivity contribution in [2.24, 2.45) is 0 Å². The number of carbonyl (C=O) groups excluding carboxylic acids is 1. The van der Waals surface area contributed by atoms with E-state index in [-0.39, 0.29) is 5.91 Å². The lowest BCUT2D eigenvalue weighted by Gasteiger charge is -2.36. The Morgan fingerprint density at radius 3 is 2.39 bits per heavy atom. The van der Waals surface area contributed by atoms with Crippen LogP contribution in [0.4, 0.5) is 5.69 Å². The topological polar surface area (TPSA) is 50.8 Å². The highest BCUT2D eigenvalue weighted by molar-refractivity contribution is 6.30. The van der Waals surface area contributed by atoms with Gasteiger partial charge in [0.05, 0.1) is 12.0 Å². The highest BCUT2D eigenvalue weighted by atomic mass is 35.5. The Kier molecular flexibility index (Phi) is 7.49. The average molecular weight is 443 g/mol. The van der Waals surface area contributed by atoms with Gasteiger partial charge >= 0.3 is 0 Å². The van der Waals surface area contributed by atoms with E-state index in [1.165, 1.54) is 25.9 Å². The molecule has 0 aromatic heterocycles. The molecule has 6 heteroatoms. The van der Waals surface area contributed by atoms with Gasteiger partial charge in [-0.05, 0) is 87.2 Å². The van der Waals surface area contributed by atoms with Crippen LogP contribution in [0.25, 0.3) is 0 Å². The molecule has 2 saturated heterocycles. The second kappa shape index (κ2) is 10.5. The van der Waals surface area contributed by atoms with Crippen molar-refractivity contribution in [1.29, 1.82) is 0 Å². The number of rotatable bonds is 8. The molecule has 0 radical (unpaired) electrons. The van der Waals surface area contributed by atoms with Crippen molar-refractivity contribution < 1.29 is 14.3 Å². The quantitative estimate of drug-likeness (QED) is 0.591. The second-order valence-corrected chi connectivity index (χ2v) is 8.87. The van der Waals surface area contributed by atoms with E-state index in [0.29, 0.717) is 37.7 Å². The van der Waals surface area contributed by atoms with Gasteiger partial charge in [0.2, 0.25) is 5.91 Å². The first-order valence-corrected chi connectivity index (χ1v) is 11.6. The summed E-state index contributed by atoms with van der Waals surface area (Å²) < 4.78 is 11.4. The van der Waals surface area contributed by atoms with E-state index in [0.717, 1.165) is 30.0 Å². The molecule has 1 amide bonds. The molecule has 31 heavy (non-hydrogen) atoms. The molecular weight excluding hydrogens is 412 g/mol. The lowest BCUT2D eigenvalue weighted by molar-refractivity contribution is -0.125. The maximum atomic E-state index is 13.4. The van der Waals surface area contributed by atoms with Crippen LogP contribution in [0.15, 0.2) is 48.5 Å². The Hall–Kier alpha value is -2.08. The van der Waals surface area contributed by atoms with Gasteiger partial charge < -0.3 is 19.7 Å². The van der Waals surface area contributed by atoms with Crippen LogP contribution in [-0.2, 0) is 14.9 Å². The van der Waals surface area contributed by atoms with Gasteiger partial charge in [0.1, 0.15) is 5.75 Å². The van der Waals surface area contributed by atoms with E-state index in [9.17, 15) is 4.79 Å². The molecule has 2 aromatic carbocycles. The first kappa shape index (κ1) is 22.1. The van der Waals surface area contributed by atoms with E-state index < -0.39 is 5.41 Å². The van der Waals surface area contributed by atoms with Crippen LogP contribution in [0.2, 0.25) is 5.02 Å². The molecule has 0 spiro atoms. The molecule has 5 nitrogen and oxygen atoms in total. The predicted octanol–water partition coefficient (Wildman–Crippen LogP) is 4.89. The minimum atomic E-state index is -0.604. The first-order chi connectivity index (χ1) is 15.2. The lowest BCUT2D eigenvalue weighted by atomic mass is 9.73. The average Bonchev–Trinajstić information content (AvgIpc) is 3.32. The summed E-state index contributed by atoms with van der Waals surface area (Å²) in [5, 5.41) is 3.78. The summed E-state index contributed by atoms with van der Waals surface area (Å²) in [6, 6.07) is 15.2. The molecule has 0 unspecified atom stereocenters. The van der Waals surface area contributed by atoms with Crippen LogP contribution in [-0.4, -0.2) is 50.3 Å². The van der Waals surface area contributed by atoms with Crippen LogP contribution in [0.1, 0.15) is 37.7 Å². The number of halogens is 1. The molecule has 1 N–H and O–H groups in total. The number of amides is 1. The fourth-order valence-electron chi connectivity index (χ4n) is 4.51. The SMILES string of the molecule is O=C(Nc1ccc(OCCCN2CCCC2)cc1)C1(c2ccc(Cl)cc2)CCOCC1. The Morgan fingerprint density at radius 2 is 1.71 bits per heavy atom. The van der Waals surface area contributed by atoms with Crippen molar-refractivity contribution in [1.82, 2.24) is 4.90 Å². The van der Waals surface area contributed by atoms with E-state index in [4.69, 9.17) is 21.1 Å². The number of ether oxygens (including phenoxy) is 2. The number of hydrogen-bond donors (Lipinski definition) is 1. The maximum absolute atomic E-state index is 13.4. The number of nitrogens with zero attached hydrogens (tertiary/aromatic N) is 1. The molecule has 2 aromatic rings. The van der Waals surface area contributed by atoms with Crippen molar-refractivity contribution in [3.05, 3.63) is 59.1 Å². The number of benzene rings is 2. The van der Waals surface area contributed by atoms with Gasteiger partial charge in [0.15, 0.2) is 0 Å². The van der Waals surface area contributed by atoms with Gasteiger partial charge in [-0.3, -0.25) is 4.79 Å². The van der Waals surface area contributed by atoms with Gasteiger partial charge in [0.25, 0.3) is 0 Å². The monoisotopic (exact) mass is 442 g/mol. The minimum Gasteiger partial charge on any atom is -0.494 e. The molecular formula is C25H31ClN2O3. The Bertz CT molecular complexity index is 842. The Balaban J connectivity index is 1.34. The highest BCUT2D eigenvalue weighted by Gasteiger charge is 2.41. The molecule has 0 aliphatic carbocycles. The molecule has 0 bridgehead atoms. The fraction of sp³-hybridized carbons (Fsp3) is 0.480. The van der Waals surface area contributed by atoms with E-state index in [1.807, 2.05) is 48.5 Å². The van der Waals surface area contributed by atoms with Gasteiger partial charge in [-0.15, -0.1) is 0 Å². The van der Waals surface area contributed by atoms with E-state index in [1.54, 1.807) is 0 Å². The molecule has 4 rings (SSSR count). The number of nitrogens with one attached hydrogen (secondary N) is 1. The third kappa shape index (κ3) is 5.59. The van der Waals surface area contributed by atoms with Crippen molar-refractivity contribution in [3.8, 4) is 5.75 Å². The molecule has 2 aliphatic rings. The molecule has 2 heterocycles. The Morgan fingerprint density at radius 1 is 1.03 bits per heavy atom. The Labute approximate surface area is 189 Å². The number of carbonyl (C=O) groups is 1. The maximum Gasteiger partial charge on any atom is 0.235 e. The summed E-state index contributed by atoms with van der Waals surface area (Å²) in [6.07, 6.45) is 4.97. The van der Waals surface area contributed by atoms with Gasteiger partial charge in [-0.1, -0.05) is 23.7 Å². The fourth-order valence-corrected chi connectivity index (χ4v) is 4.63. The molecule has 2 aliphatic heterocycles. The second-order valence-electron chi connectivity index (χ2n) is 8.43. The lowest BCUT2D eigenvalue weighted by Crippen LogP contribution is -2.44. The summed E-state index contributed by atoms with van der Waals surface area (Å²) in [5.41, 5.74) is 1.15. The van der Waals surface area contributed by atoms with Crippen LogP contribution in [0.5, 0.6) is 5.75 Å². The molecule has 0 atom stereocenters. The van der Waals surface area contributed by atoms with E-state index >= 15 is 0 Å². The highest BCUT2D eigenvalue weighted by Crippen LogP contribution is 2.37. The smallest absolute Gasteiger partial charge is 0.235 e. The van der Waals surface area contributed by atoms with Crippen molar-refractivity contribution >= 4 is 23.2 Å². The van der Waals surface area contributed by atoms with Crippen LogP contribution >= 0.6 is 11.6 Å². The van der Waals surface area contributed by atoms with Crippen molar-refractivity contribution in [3.63, 3.8) is 0 Å². The number of likely N-dealkylation sites (tertiary alicyclic amines) is 1. The summed E-state index contributed by atoms with van der Waals surface area (Å²) in [7, 11) is 0. The largest absolute Gasteiger partial charge is 0.494 e. The molecule has 166 valence electrons. The van der Waals surface area contributed by atoms with Crippen molar-refractivity contribution in [2.75, 3.05) is 44.8 Å². The van der Waals surface area contributed by atoms with Gasteiger partial charge in [0, 0.05) is 30.5 Å². The third-order valence-electron chi connectivity index (χ3n) is 6.38. The predicted molar refractivity (Wildman–Crippen MR) is 124 cm³/mol. The zero-order valence-corrected chi connectivity index (χ0v) is 18.7. The number of hydrogen-bond acceptors (Lipinski definition) is 4.